The number of hydrogen-bond donors (Lipinski definition) is 1. The number of thioether (sulfide) groups is 1. The molecular formula is C35H36FN3O5S2. The highest BCUT2D eigenvalue weighted by Crippen LogP contribution is 2.44. The minimum atomic E-state index is -0.947. The first-order chi connectivity index (χ1) is 22.4. The Kier molecular flexibility index (Phi) is 11.4. The van der Waals surface area contributed by atoms with Gasteiger partial charge in [-0.1, -0.05) is 80.5 Å². The summed E-state index contributed by atoms with van der Waals surface area (Å²) in [5.41, 5.74) is 1.85. The van der Waals surface area contributed by atoms with Crippen LogP contribution in [0.5, 0.6) is 11.5 Å². The van der Waals surface area contributed by atoms with E-state index in [0.29, 0.717) is 45.9 Å². The van der Waals surface area contributed by atoms with Crippen LogP contribution in [0.25, 0.3) is 5.76 Å². The molecule has 1 aliphatic rings. The van der Waals surface area contributed by atoms with E-state index < -0.39 is 17.7 Å². The first-order valence-corrected chi connectivity index (χ1v) is 17.2. The van der Waals surface area contributed by atoms with Crippen molar-refractivity contribution < 1.29 is 28.6 Å². The molecule has 2 heterocycles. The number of carbonyl (C=O) groups excluding carboxylic acids is 2. The van der Waals surface area contributed by atoms with Gasteiger partial charge in [0.15, 0.2) is 4.34 Å². The van der Waals surface area contributed by atoms with Crippen LogP contribution in [-0.4, -0.2) is 40.2 Å². The SMILES string of the molecule is CCCCCOc1ccc(C2/C(=C(\O)c3ccc(OCCCC)cc3)C(=O)C(=O)N2c2nnc(SCc3ccc(F)cc3)s2)cc1. The fourth-order valence-corrected chi connectivity index (χ4v) is 6.74. The number of benzene rings is 3. The minimum Gasteiger partial charge on any atom is -0.507 e. The average Bonchev–Trinajstić information content (AvgIpc) is 3.65. The molecule has 0 spiro atoms. The summed E-state index contributed by atoms with van der Waals surface area (Å²) in [5.74, 6) is -0.383. The predicted molar refractivity (Wildman–Crippen MR) is 179 cm³/mol. The van der Waals surface area contributed by atoms with Gasteiger partial charge >= 0.3 is 5.91 Å². The van der Waals surface area contributed by atoms with Crippen LogP contribution in [0.3, 0.4) is 0 Å². The van der Waals surface area contributed by atoms with Crippen molar-refractivity contribution in [1.82, 2.24) is 10.2 Å². The normalized spacial score (nSPS) is 15.8. The molecule has 1 saturated heterocycles. The van der Waals surface area contributed by atoms with Crippen molar-refractivity contribution in [2.24, 2.45) is 0 Å². The zero-order chi connectivity index (χ0) is 32.5. The number of ketones is 1. The Hall–Kier alpha value is -4.22. The third-order valence-electron chi connectivity index (χ3n) is 7.43. The molecule has 1 aromatic heterocycles. The number of hydrogen-bond acceptors (Lipinski definition) is 9. The first-order valence-electron chi connectivity index (χ1n) is 15.4. The van der Waals surface area contributed by atoms with Crippen LogP contribution in [0.15, 0.2) is 82.7 Å². The lowest BCUT2D eigenvalue weighted by molar-refractivity contribution is -0.132. The van der Waals surface area contributed by atoms with Crippen LogP contribution in [0.2, 0.25) is 0 Å². The maximum atomic E-state index is 13.6. The molecule has 1 amide bonds. The maximum Gasteiger partial charge on any atom is 0.301 e. The van der Waals surface area contributed by atoms with Gasteiger partial charge in [-0.15, -0.1) is 10.2 Å². The molecule has 11 heteroatoms. The summed E-state index contributed by atoms with van der Waals surface area (Å²) in [5, 5.41) is 20.3. The lowest BCUT2D eigenvalue weighted by atomic mass is 9.95. The zero-order valence-electron chi connectivity index (χ0n) is 25.8. The molecule has 0 radical (unpaired) electrons. The maximum absolute atomic E-state index is 13.6. The van der Waals surface area contributed by atoms with E-state index in [4.69, 9.17) is 9.47 Å². The molecule has 5 rings (SSSR count). The number of amides is 1. The van der Waals surface area contributed by atoms with E-state index in [-0.39, 0.29) is 22.3 Å². The van der Waals surface area contributed by atoms with Crippen LogP contribution in [0, 0.1) is 5.82 Å². The Morgan fingerprint density at radius 2 is 1.50 bits per heavy atom. The standard InChI is InChI=1S/C35H36FN3O5S2/c1-3-5-7-21-44-27-16-10-24(11-17-27)30-29(31(40)25-12-18-28(19-13-25)43-20-6-4-2)32(41)33(42)39(30)34-37-38-35(46-34)45-22-23-8-14-26(36)15-9-23/h8-19,30,40H,3-7,20-22H2,1-2H3/b31-29+. The number of nitrogens with zero attached hydrogens (tertiary/aromatic N) is 3. The van der Waals surface area contributed by atoms with Gasteiger partial charge in [-0.3, -0.25) is 14.5 Å². The van der Waals surface area contributed by atoms with Crippen molar-refractivity contribution in [3.8, 4) is 11.5 Å². The average molecular weight is 662 g/mol. The molecule has 4 aromatic rings. The van der Waals surface area contributed by atoms with Crippen LogP contribution < -0.4 is 14.4 Å². The number of unbranched alkanes of at least 4 members (excludes halogenated alkanes) is 3. The minimum absolute atomic E-state index is 0.0445. The Bertz CT molecular complexity index is 1660. The van der Waals surface area contributed by atoms with E-state index in [0.717, 1.165) is 37.7 Å². The Morgan fingerprint density at radius 3 is 2.15 bits per heavy atom. The number of rotatable bonds is 15. The smallest absolute Gasteiger partial charge is 0.301 e. The highest BCUT2D eigenvalue weighted by atomic mass is 32.2. The predicted octanol–water partition coefficient (Wildman–Crippen LogP) is 8.34. The zero-order valence-corrected chi connectivity index (χ0v) is 27.4. The molecule has 0 aliphatic carbocycles. The lowest BCUT2D eigenvalue weighted by Crippen LogP contribution is -2.29. The molecule has 1 fully saturated rings. The van der Waals surface area contributed by atoms with Gasteiger partial charge in [0, 0.05) is 11.3 Å². The van der Waals surface area contributed by atoms with Crippen molar-refractivity contribution in [2.75, 3.05) is 18.1 Å². The second-order valence-corrected chi connectivity index (χ2v) is 13.0. The van der Waals surface area contributed by atoms with Gasteiger partial charge in [-0.05, 0) is 72.5 Å². The van der Waals surface area contributed by atoms with Crippen molar-refractivity contribution in [3.05, 3.63) is 101 Å². The van der Waals surface area contributed by atoms with Gasteiger partial charge in [-0.25, -0.2) is 4.39 Å². The fraction of sp³-hybridized carbons (Fsp3) is 0.314. The van der Waals surface area contributed by atoms with E-state index in [2.05, 4.69) is 24.0 Å². The van der Waals surface area contributed by atoms with Crippen LogP contribution in [-0.2, 0) is 15.3 Å². The van der Waals surface area contributed by atoms with Gasteiger partial charge in [0.2, 0.25) is 5.13 Å². The molecule has 1 aliphatic heterocycles. The monoisotopic (exact) mass is 661 g/mol. The summed E-state index contributed by atoms with van der Waals surface area (Å²) in [6.45, 7) is 5.39. The van der Waals surface area contributed by atoms with E-state index >= 15 is 0 Å². The quantitative estimate of drug-likeness (QED) is 0.0339. The van der Waals surface area contributed by atoms with Gasteiger partial charge in [-0.2, -0.15) is 0 Å². The topological polar surface area (TPSA) is 102 Å². The highest BCUT2D eigenvalue weighted by Gasteiger charge is 2.48. The van der Waals surface area contributed by atoms with Crippen molar-refractivity contribution in [3.63, 3.8) is 0 Å². The molecule has 3 aromatic carbocycles. The van der Waals surface area contributed by atoms with Crippen LogP contribution >= 0.6 is 23.1 Å². The number of carbonyl (C=O) groups is 2. The largest absolute Gasteiger partial charge is 0.507 e. The van der Waals surface area contributed by atoms with E-state index in [1.165, 1.54) is 40.1 Å². The number of halogens is 1. The number of aliphatic hydroxyl groups excluding tert-OH is 1. The van der Waals surface area contributed by atoms with Crippen molar-refractivity contribution in [1.29, 1.82) is 0 Å². The Balaban J connectivity index is 1.46. The van der Waals surface area contributed by atoms with E-state index in [1.54, 1.807) is 60.7 Å². The van der Waals surface area contributed by atoms with Gasteiger partial charge in [0.25, 0.3) is 5.78 Å². The Labute approximate surface area is 276 Å². The third kappa shape index (κ3) is 7.94. The summed E-state index contributed by atoms with van der Waals surface area (Å²) in [6.07, 6.45) is 5.04. The van der Waals surface area contributed by atoms with Gasteiger partial charge in [0.05, 0.1) is 24.8 Å². The lowest BCUT2D eigenvalue weighted by Gasteiger charge is -2.22. The number of aliphatic hydroxyl groups is 1. The van der Waals surface area contributed by atoms with Gasteiger partial charge < -0.3 is 14.6 Å². The summed E-state index contributed by atoms with van der Waals surface area (Å²) >= 11 is 2.56. The molecule has 1 N–H and O–H groups in total. The summed E-state index contributed by atoms with van der Waals surface area (Å²) in [6, 6.07) is 19.2. The van der Waals surface area contributed by atoms with E-state index in [1.807, 2.05) is 0 Å². The van der Waals surface area contributed by atoms with E-state index in [9.17, 15) is 19.1 Å². The molecule has 1 unspecified atom stereocenters. The fourth-order valence-electron chi connectivity index (χ4n) is 4.92. The summed E-state index contributed by atoms with van der Waals surface area (Å²) in [4.78, 5) is 28.5. The third-order valence-corrected chi connectivity index (χ3v) is 9.56. The molecule has 0 saturated carbocycles. The van der Waals surface area contributed by atoms with Crippen LogP contribution in [0.4, 0.5) is 9.52 Å². The molecule has 1 atom stereocenters. The summed E-state index contributed by atoms with van der Waals surface area (Å²) < 4.78 is 25.5. The van der Waals surface area contributed by atoms with Crippen molar-refractivity contribution >= 4 is 45.7 Å². The molecule has 8 nitrogen and oxygen atoms in total. The first kappa shape index (κ1) is 33.2. The van der Waals surface area contributed by atoms with Crippen molar-refractivity contribution in [2.45, 2.75) is 62.1 Å². The second kappa shape index (κ2) is 15.9. The molecular weight excluding hydrogens is 626 g/mol. The second-order valence-electron chi connectivity index (χ2n) is 10.8. The molecule has 240 valence electrons. The molecule has 0 bridgehead atoms. The highest BCUT2D eigenvalue weighted by molar-refractivity contribution is 8.00. The summed E-state index contributed by atoms with van der Waals surface area (Å²) in [7, 11) is 0. The number of Topliss-reactive ketones (excluding diaryl/α,β-unsaturated/α-hetero) is 1. The number of aromatic nitrogens is 2. The number of anilines is 1. The van der Waals surface area contributed by atoms with Crippen LogP contribution in [0.1, 0.15) is 68.7 Å². The van der Waals surface area contributed by atoms with Gasteiger partial charge in [0.1, 0.15) is 23.1 Å². The number of ether oxygens (including phenoxy) is 2. The Morgan fingerprint density at radius 1 is 0.870 bits per heavy atom. The molecule has 46 heavy (non-hydrogen) atoms.